The van der Waals surface area contributed by atoms with E-state index in [9.17, 15) is 4.21 Å². The van der Waals surface area contributed by atoms with E-state index in [2.05, 4.69) is 18.7 Å². The Morgan fingerprint density at radius 2 is 1.65 bits per heavy atom. The van der Waals surface area contributed by atoms with Gasteiger partial charge in [0, 0.05) is 10.6 Å². The first-order valence-corrected chi connectivity index (χ1v) is 10.8. The molecule has 1 unspecified atom stereocenters. The van der Waals surface area contributed by atoms with Gasteiger partial charge in [-0.15, -0.1) is 0 Å². The SMILES string of the molecule is CCCN(CCC)CCCCCS(=N)(=O)c1ccc(Cl)c(Cl)c1. The number of nitrogens with one attached hydrogen (secondary N) is 1. The normalized spacial score (nSPS) is 14.1. The molecule has 0 saturated heterocycles. The van der Waals surface area contributed by atoms with Gasteiger partial charge in [-0.25, -0.2) is 8.99 Å². The maximum absolute atomic E-state index is 12.5. The van der Waals surface area contributed by atoms with E-state index in [4.69, 9.17) is 28.0 Å². The number of unbranched alkanes of at least 4 members (excludes halogenated alkanes) is 2. The molecule has 1 rings (SSSR count). The molecular weight excluding hydrogens is 351 g/mol. The van der Waals surface area contributed by atoms with Gasteiger partial charge in [-0.05, 0) is 63.5 Å². The van der Waals surface area contributed by atoms with Gasteiger partial charge in [0.2, 0.25) is 0 Å². The molecule has 132 valence electrons. The minimum Gasteiger partial charge on any atom is -0.303 e. The molecule has 0 heterocycles. The van der Waals surface area contributed by atoms with Crippen LogP contribution in [0.15, 0.2) is 23.1 Å². The fourth-order valence-corrected chi connectivity index (χ4v) is 4.39. The molecule has 0 radical (unpaired) electrons. The third-order valence-corrected chi connectivity index (χ3v) is 6.38. The standard InChI is InChI=1S/C17H28Cl2N2OS/c1-3-10-21(11-4-2)12-6-5-7-13-23(20,22)15-8-9-16(18)17(19)14-15/h8-9,14,20H,3-7,10-13H2,1-2H3. The van der Waals surface area contributed by atoms with Crippen LogP contribution in [0.1, 0.15) is 46.0 Å². The molecule has 1 atom stereocenters. The zero-order valence-electron chi connectivity index (χ0n) is 14.1. The first-order valence-electron chi connectivity index (χ1n) is 8.34. The number of hydrogen-bond donors (Lipinski definition) is 1. The Bertz CT molecular complexity index is 570. The van der Waals surface area contributed by atoms with Crippen molar-refractivity contribution >= 4 is 32.9 Å². The molecule has 0 fully saturated rings. The third kappa shape index (κ3) is 7.42. The molecule has 0 saturated carbocycles. The summed E-state index contributed by atoms with van der Waals surface area (Å²) in [6.45, 7) is 7.79. The summed E-state index contributed by atoms with van der Waals surface area (Å²) in [5, 5.41) is 0.788. The van der Waals surface area contributed by atoms with Crippen molar-refractivity contribution in [1.82, 2.24) is 4.90 Å². The lowest BCUT2D eigenvalue weighted by molar-refractivity contribution is 0.269. The van der Waals surface area contributed by atoms with Crippen LogP contribution in [0.4, 0.5) is 0 Å². The van der Waals surface area contributed by atoms with Crippen LogP contribution in [0.25, 0.3) is 0 Å². The van der Waals surface area contributed by atoms with Crippen molar-refractivity contribution in [1.29, 1.82) is 4.78 Å². The summed E-state index contributed by atoms with van der Waals surface area (Å²) >= 11 is 11.8. The van der Waals surface area contributed by atoms with Crippen molar-refractivity contribution in [2.24, 2.45) is 0 Å². The molecule has 1 aromatic rings. The Hall–Kier alpha value is -0.290. The molecule has 1 aromatic carbocycles. The minimum absolute atomic E-state index is 0.360. The summed E-state index contributed by atoms with van der Waals surface area (Å²) in [6.07, 6.45) is 5.25. The van der Waals surface area contributed by atoms with E-state index in [-0.39, 0.29) is 0 Å². The topological polar surface area (TPSA) is 44.2 Å². The number of benzene rings is 1. The van der Waals surface area contributed by atoms with Crippen molar-refractivity contribution in [2.75, 3.05) is 25.4 Å². The van der Waals surface area contributed by atoms with E-state index in [1.54, 1.807) is 18.2 Å². The van der Waals surface area contributed by atoms with Gasteiger partial charge in [-0.3, -0.25) is 0 Å². The third-order valence-electron chi connectivity index (χ3n) is 3.76. The summed E-state index contributed by atoms with van der Waals surface area (Å²) in [7, 11) is -2.78. The van der Waals surface area contributed by atoms with Crippen LogP contribution in [0.5, 0.6) is 0 Å². The van der Waals surface area contributed by atoms with Crippen LogP contribution in [0, 0.1) is 4.78 Å². The van der Waals surface area contributed by atoms with Gasteiger partial charge in [0.15, 0.2) is 0 Å². The first kappa shape index (κ1) is 20.8. The number of rotatable bonds is 11. The van der Waals surface area contributed by atoms with Gasteiger partial charge in [-0.2, -0.15) is 0 Å². The van der Waals surface area contributed by atoms with Crippen LogP contribution < -0.4 is 0 Å². The summed E-state index contributed by atoms with van der Waals surface area (Å²) in [6, 6.07) is 4.82. The molecule has 23 heavy (non-hydrogen) atoms. The molecule has 3 nitrogen and oxygen atoms in total. The largest absolute Gasteiger partial charge is 0.303 e. The molecule has 6 heteroatoms. The quantitative estimate of drug-likeness (QED) is 0.502. The molecule has 0 aromatic heterocycles. The zero-order chi connectivity index (χ0) is 17.3. The highest BCUT2D eigenvalue weighted by atomic mass is 35.5. The van der Waals surface area contributed by atoms with Gasteiger partial charge in [0.1, 0.15) is 0 Å². The molecule has 0 aliphatic carbocycles. The van der Waals surface area contributed by atoms with Crippen molar-refractivity contribution in [3.63, 3.8) is 0 Å². The summed E-state index contributed by atoms with van der Waals surface area (Å²) in [4.78, 5) is 2.96. The second-order valence-electron chi connectivity index (χ2n) is 5.86. The maximum atomic E-state index is 12.5. The second-order valence-corrected chi connectivity index (χ2v) is 8.90. The Balaban J connectivity index is 2.40. The summed E-state index contributed by atoms with van der Waals surface area (Å²) in [5.74, 6) is 0.381. The van der Waals surface area contributed by atoms with Crippen LogP contribution in [-0.4, -0.2) is 34.5 Å². The summed E-state index contributed by atoms with van der Waals surface area (Å²) in [5.41, 5.74) is 0. The average molecular weight is 379 g/mol. The van der Waals surface area contributed by atoms with Gasteiger partial charge < -0.3 is 4.90 Å². The van der Waals surface area contributed by atoms with Crippen molar-refractivity contribution in [2.45, 2.75) is 50.8 Å². The summed E-state index contributed by atoms with van der Waals surface area (Å²) < 4.78 is 20.6. The van der Waals surface area contributed by atoms with E-state index in [0.29, 0.717) is 20.7 Å². The number of halogens is 2. The molecule has 0 spiro atoms. The number of nitrogens with zero attached hydrogens (tertiary/aromatic N) is 1. The van der Waals surface area contributed by atoms with Gasteiger partial charge in [0.25, 0.3) is 0 Å². The highest BCUT2D eigenvalue weighted by Crippen LogP contribution is 2.26. The first-order chi connectivity index (χ1) is 10.9. The van der Waals surface area contributed by atoms with Crippen molar-refractivity contribution < 1.29 is 4.21 Å². The smallest absolute Gasteiger partial charge is 0.0726 e. The molecule has 1 N–H and O–H groups in total. The highest BCUT2D eigenvalue weighted by Gasteiger charge is 2.12. The van der Waals surface area contributed by atoms with Crippen molar-refractivity contribution in [3.05, 3.63) is 28.2 Å². The fourth-order valence-electron chi connectivity index (χ4n) is 2.59. The monoisotopic (exact) mass is 378 g/mol. The maximum Gasteiger partial charge on any atom is 0.0726 e. The van der Waals surface area contributed by atoms with Crippen LogP contribution in [0.2, 0.25) is 10.0 Å². The Morgan fingerprint density at radius 3 is 2.22 bits per heavy atom. The van der Waals surface area contributed by atoms with E-state index in [1.165, 1.54) is 12.8 Å². The minimum atomic E-state index is -2.78. The average Bonchev–Trinajstić information content (AvgIpc) is 2.50. The molecular formula is C17H28Cl2N2OS. The van der Waals surface area contributed by atoms with Gasteiger partial charge in [-0.1, -0.05) is 43.5 Å². The highest BCUT2D eigenvalue weighted by molar-refractivity contribution is 7.92. The molecule has 0 bridgehead atoms. The predicted molar refractivity (Wildman–Crippen MR) is 101 cm³/mol. The van der Waals surface area contributed by atoms with Crippen LogP contribution in [-0.2, 0) is 9.73 Å². The van der Waals surface area contributed by atoms with E-state index >= 15 is 0 Å². The van der Waals surface area contributed by atoms with E-state index < -0.39 is 9.73 Å². The lowest BCUT2D eigenvalue weighted by atomic mass is 10.2. The Kier molecular flexibility index (Phi) is 9.52. The lowest BCUT2D eigenvalue weighted by Crippen LogP contribution is -2.26. The second kappa shape index (κ2) is 10.5. The van der Waals surface area contributed by atoms with Crippen molar-refractivity contribution in [3.8, 4) is 0 Å². The molecule has 0 aliphatic heterocycles. The van der Waals surface area contributed by atoms with Crippen LogP contribution in [0.3, 0.4) is 0 Å². The molecule has 0 aliphatic rings. The molecule has 0 amide bonds. The predicted octanol–water partition coefficient (Wildman–Crippen LogP) is 5.69. The van der Waals surface area contributed by atoms with E-state index in [1.807, 2.05) is 0 Å². The fraction of sp³-hybridized carbons (Fsp3) is 0.647. The Labute approximate surface area is 151 Å². The lowest BCUT2D eigenvalue weighted by Gasteiger charge is -2.20. The number of hydrogen-bond acceptors (Lipinski definition) is 3. The van der Waals surface area contributed by atoms with E-state index in [0.717, 1.165) is 38.9 Å². The van der Waals surface area contributed by atoms with Gasteiger partial charge in [0.05, 0.1) is 19.8 Å². The van der Waals surface area contributed by atoms with Gasteiger partial charge >= 0.3 is 0 Å². The zero-order valence-corrected chi connectivity index (χ0v) is 16.4. The Morgan fingerprint density at radius 1 is 1.00 bits per heavy atom. The van der Waals surface area contributed by atoms with Crippen LogP contribution >= 0.6 is 23.2 Å².